The number of hydrogen-bond donors (Lipinski definition) is 1. The summed E-state index contributed by atoms with van der Waals surface area (Å²) >= 11 is 0. The lowest BCUT2D eigenvalue weighted by molar-refractivity contribution is -0.111. The van der Waals surface area contributed by atoms with Crippen LogP contribution in [0.4, 0.5) is 5.69 Å². The lowest BCUT2D eigenvalue weighted by Gasteiger charge is -2.04. The third-order valence-corrected chi connectivity index (χ3v) is 4.03. The predicted molar refractivity (Wildman–Crippen MR) is 107 cm³/mol. The van der Waals surface area contributed by atoms with Gasteiger partial charge in [-0.15, -0.1) is 0 Å². The molecule has 0 unspecified atom stereocenters. The van der Waals surface area contributed by atoms with Crippen LogP contribution < -0.4 is 5.32 Å². The molecule has 2 aromatic carbocycles. The molecule has 1 N–H and O–H groups in total. The van der Waals surface area contributed by atoms with E-state index in [1.165, 1.54) is 6.08 Å². The first-order valence-corrected chi connectivity index (χ1v) is 8.50. The number of hydrogen-bond acceptors (Lipinski definition) is 4. The molecular weight excluding hydrogens is 336 g/mol. The SMILES string of the molecule is O=C(/C=C/c1cccc2cccnc12)Nc1cnc(-c2ccccc2)nc1. The summed E-state index contributed by atoms with van der Waals surface area (Å²) in [6, 6.07) is 19.4. The summed E-state index contributed by atoms with van der Waals surface area (Å²) < 4.78 is 0. The van der Waals surface area contributed by atoms with Gasteiger partial charge in [-0.3, -0.25) is 9.78 Å². The molecule has 2 heterocycles. The van der Waals surface area contributed by atoms with Gasteiger partial charge in [-0.25, -0.2) is 9.97 Å². The molecule has 0 bridgehead atoms. The summed E-state index contributed by atoms with van der Waals surface area (Å²) in [6.07, 6.45) is 8.17. The van der Waals surface area contributed by atoms with E-state index in [0.717, 1.165) is 22.0 Å². The number of para-hydroxylation sites is 1. The van der Waals surface area contributed by atoms with Crippen LogP contribution in [0.3, 0.4) is 0 Å². The second-order valence-electron chi connectivity index (χ2n) is 5.91. The number of anilines is 1. The van der Waals surface area contributed by atoms with Gasteiger partial charge in [0.2, 0.25) is 5.91 Å². The van der Waals surface area contributed by atoms with Crippen LogP contribution in [0.5, 0.6) is 0 Å². The molecule has 2 aromatic heterocycles. The van der Waals surface area contributed by atoms with Crippen molar-refractivity contribution < 1.29 is 4.79 Å². The maximum absolute atomic E-state index is 12.2. The van der Waals surface area contributed by atoms with E-state index in [9.17, 15) is 4.79 Å². The van der Waals surface area contributed by atoms with Gasteiger partial charge in [0.25, 0.3) is 0 Å². The number of amides is 1. The van der Waals surface area contributed by atoms with Crippen molar-refractivity contribution in [3.8, 4) is 11.4 Å². The molecule has 5 nitrogen and oxygen atoms in total. The molecule has 1 amide bonds. The summed E-state index contributed by atoms with van der Waals surface area (Å²) in [4.78, 5) is 25.2. The summed E-state index contributed by atoms with van der Waals surface area (Å²) in [5.41, 5.74) is 3.22. The zero-order valence-corrected chi connectivity index (χ0v) is 14.4. The molecule has 0 atom stereocenters. The Morgan fingerprint density at radius 3 is 2.44 bits per heavy atom. The van der Waals surface area contributed by atoms with Gasteiger partial charge in [0.05, 0.1) is 23.6 Å². The highest BCUT2D eigenvalue weighted by molar-refractivity contribution is 6.03. The Morgan fingerprint density at radius 2 is 1.63 bits per heavy atom. The number of pyridine rings is 1. The van der Waals surface area contributed by atoms with Gasteiger partial charge in [0.1, 0.15) is 0 Å². The van der Waals surface area contributed by atoms with Crippen molar-refractivity contribution >= 4 is 28.6 Å². The van der Waals surface area contributed by atoms with E-state index in [2.05, 4.69) is 20.3 Å². The molecule has 0 aliphatic rings. The van der Waals surface area contributed by atoms with Crippen LogP contribution in [0.15, 0.2) is 85.3 Å². The van der Waals surface area contributed by atoms with Crippen molar-refractivity contribution in [2.75, 3.05) is 5.32 Å². The Labute approximate surface area is 156 Å². The van der Waals surface area contributed by atoms with Crippen molar-refractivity contribution in [3.63, 3.8) is 0 Å². The predicted octanol–water partition coefficient (Wildman–Crippen LogP) is 4.34. The molecule has 4 aromatic rings. The normalized spacial score (nSPS) is 11.0. The molecule has 5 heteroatoms. The number of carbonyl (C=O) groups excluding carboxylic acids is 1. The van der Waals surface area contributed by atoms with Crippen molar-refractivity contribution in [1.29, 1.82) is 0 Å². The van der Waals surface area contributed by atoms with Gasteiger partial charge in [-0.2, -0.15) is 0 Å². The van der Waals surface area contributed by atoms with E-state index in [1.54, 1.807) is 24.7 Å². The fourth-order valence-corrected chi connectivity index (χ4v) is 2.74. The van der Waals surface area contributed by atoms with Crippen LogP contribution in [0.1, 0.15) is 5.56 Å². The minimum absolute atomic E-state index is 0.251. The largest absolute Gasteiger partial charge is 0.320 e. The molecule has 0 radical (unpaired) electrons. The van der Waals surface area contributed by atoms with Gasteiger partial charge < -0.3 is 5.32 Å². The maximum atomic E-state index is 12.2. The second-order valence-corrected chi connectivity index (χ2v) is 5.91. The number of rotatable bonds is 4. The minimum atomic E-state index is -0.251. The first-order valence-electron chi connectivity index (χ1n) is 8.50. The number of fused-ring (bicyclic) bond motifs is 1. The summed E-state index contributed by atoms with van der Waals surface area (Å²) in [6.45, 7) is 0. The van der Waals surface area contributed by atoms with Crippen molar-refractivity contribution in [2.45, 2.75) is 0 Å². The molecule has 0 saturated heterocycles. The number of nitrogens with zero attached hydrogens (tertiary/aromatic N) is 3. The summed E-state index contributed by atoms with van der Waals surface area (Å²) in [7, 11) is 0. The Hall–Kier alpha value is -3.86. The van der Waals surface area contributed by atoms with Crippen molar-refractivity contribution in [1.82, 2.24) is 15.0 Å². The fraction of sp³-hybridized carbons (Fsp3) is 0. The van der Waals surface area contributed by atoms with Crippen LogP contribution in [-0.4, -0.2) is 20.9 Å². The highest BCUT2D eigenvalue weighted by atomic mass is 16.1. The standard InChI is InChI=1S/C22H16N4O/c27-20(12-11-17-9-4-8-16-10-5-13-23-21(16)17)26-19-14-24-22(25-15-19)18-6-2-1-3-7-18/h1-15H,(H,26,27)/b12-11+. The lowest BCUT2D eigenvalue weighted by Crippen LogP contribution is -2.08. The molecule has 0 saturated carbocycles. The van der Waals surface area contributed by atoms with Crippen molar-refractivity contribution in [3.05, 3.63) is 90.9 Å². The van der Waals surface area contributed by atoms with Crippen LogP contribution >= 0.6 is 0 Å². The van der Waals surface area contributed by atoms with Crippen LogP contribution in [0.2, 0.25) is 0 Å². The van der Waals surface area contributed by atoms with Gasteiger partial charge >= 0.3 is 0 Å². The average molecular weight is 352 g/mol. The van der Waals surface area contributed by atoms with Crippen LogP contribution in [0, 0.1) is 0 Å². The molecular formula is C22H16N4O. The van der Waals surface area contributed by atoms with E-state index in [4.69, 9.17) is 0 Å². The Morgan fingerprint density at radius 1 is 0.852 bits per heavy atom. The maximum Gasteiger partial charge on any atom is 0.248 e. The fourth-order valence-electron chi connectivity index (χ4n) is 2.74. The monoisotopic (exact) mass is 352 g/mol. The lowest BCUT2D eigenvalue weighted by atomic mass is 10.1. The highest BCUT2D eigenvalue weighted by Crippen LogP contribution is 2.18. The molecule has 0 aliphatic carbocycles. The first-order chi connectivity index (χ1) is 13.3. The molecule has 4 rings (SSSR count). The van der Waals surface area contributed by atoms with E-state index in [1.807, 2.05) is 60.7 Å². The van der Waals surface area contributed by atoms with Crippen molar-refractivity contribution in [2.24, 2.45) is 0 Å². The molecule has 0 fully saturated rings. The summed E-state index contributed by atoms with van der Waals surface area (Å²) in [5, 5.41) is 3.80. The van der Waals surface area contributed by atoms with Gasteiger partial charge in [0.15, 0.2) is 5.82 Å². The first kappa shape index (κ1) is 16.6. The number of benzene rings is 2. The molecule has 27 heavy (non-hydrogen) atoms. The minimum Gasteiger partial charge on any atom is -0.320 e. The van der Waals surface area contributed by atoms with Gasteiger partial charge in [0, 0.05) is 28.8 Å². The quantitative estimate of drug-likeness (QED) is 0.555. The average Bonchev–Trinajstić information content (AvgIpc) is 2.73. The highest BCUT2D eigenvalue weighted by Gasteiger charge is 2.03. The topological polar surface area (TPSA) is 67.8 Å². The Kier molecular flexibility index (Phi) is 4.66. The smallest absolute Gasteiger partial charge is 0.248 e. The molecule has 130 valence electrons. The van der Waals surface area contributed by atoms with E-state index >= 15 is 0 Å². The molecule has 0 spiro atoms. The number of nitrogens with one attached hydrogen (secondary N) is 1. The second kappa shape index (κ2) is 7.58. The number of aromatic nitrogens is 3. The van der Waals surface area contributed by atoms with Crippen LogP contribution in [0.25, 0.3) is 28.4 Å². The van der Waals surface area contributed by atoms with E-state index in [-0.39, 0.29) is 5.91 Å². The van der Waals surface area contributed by atoms with Gasteiger partial charge in [-0.05, 0) is 12.1 Å². The van der Waals surface area contributed by atoms with Crippen LogP contribution in [-0.2, 0) is 4.79 Å². The third kappa shape index (κ3) is 3.88. The van der Waals surface area contributed by atoms with Gasteiger partial charge in [-0.1, -0.05) is 54.6 Å². The summed E-state index contributed by atoms with van der Waals surface area (Å²) in [5.74, 6) is 0.366. The third-order valence-electron chi connectivity index (χ3n) is 4.03. The zero-order chi connectivity index (χ0) is 18.5. The number of carbonyl (C=O) groups is 1. The zero-order valence-electron chi connectivity index (χ0n) is 14.4. The molecule has 0 aliphatic heterocycles. The Balaban J connectivity index is 1.47. The van der Waals surface area contributed by atoms with E-state index < -0.39 is 0 Å². The Bertz CT molecular complexity index is 1100. The van der Waals surface area contributed by atoms with E-state index in [0.29, 0.717) is 11.5 Å².